The van der Waals surface area contributed by atoms with E-state index in [9.17, 15) is 0 Å². The van der Waals surface area contributed by atoms with Gasteiger partial charge in [0.2, 0.25) is 5.76 Å². The SMILES string of the molecule is Cc1cnc(CNCc2ccc(C#N)o2)cn1. The van der Waals surface area contributed by atoms with Crippen LogP contribution in [0.3, 0.4) is 0 Å². The van der Waals surface area contributed by atoms with Gasteiger partial charge in [-0.05, 0) is 19.1 Å². The minimum absolute atomic E-state index is 0.330. The first kappa shape index (κ1) is 11.3. The predicted molar refractivity (Wildman–Crippen MR) is 60.7 cm³/mol. The number of aryl methyl sites for hydroxylation is 1. The van der Waals surface area contributed by atoms with Gasteiger partial charge >= 0.3 is 0 Å². The molecule has 2 aromatic rings. The van der Waals surface area contributed by atoms with Crippen LogP contribution < -0.4 is 5.32 Å². The lowest BCUT2D eigenvalue weighted by Crippen LogP contribution is -2.13. The number of nitrogens with one attached hydrogen (secondary N) is 1. The summed E-state index contributed by atoms with van der Waals surface area (Å²) in [5.74, 6) is 1.07. The van der Waals surface area contributed by atoms with Gasteiger partial charge in [0.05, 0.1) is 17.9 Å². The lowest BCUT2D eigenvalue weighted by Gasteiger charge is -2.01. The molecule has 0 aliphatic rings. The Bertz CT molecular complexity index is 524. The van der Waals surface area contributed by atoms with E-state index < -0.39 is 0 Å². The van der Waals surface area contributed by atoms with Gasteiger partial charge in [0, 0.05) is 18.9 Å². The second-order valence-corrected chi connectivity index (χ2v) is 3.63. The summed E-state index contributed by atoms with van der Waals surface area (Å²) in [6.07, 6.45) is 3.48. The summed E-state index contributed by atoms with van der Waals surface area (Å²) in [6.45, 7) is 3.09. The molecule has 2 heterocycles. The molecule has 5 nitrogen and oxygen atoms in total. The first-order valence-electron chi connectivity index (χ1n) is 5.25. The summed E-state index contributed by atoms with van der Waals surface area (Å²) < 4.78 is 5.23. The maximum Gasteiger partial charge on any atom is 0.203 e. The number of aromatic nitrogens is 2. The Labute approximate surface area is 99.1 Å². The Kier molecular flexibility index (Phi) is 3.48. The van der Waals surface area contributed by atoms with Crippen molar-refractivity contribution >= 4 is 0 Å². The predicted octanol–water partition coefficient (Wildman–Crippen LogP) is 1.54. The van der Waals surface area contributed by atoms with E-state index in [1.54, 1.807) is 24.5 Å². The zero-order valence-electron chi connectivity index (χ0n) is 9.47. The number of furan rings is 1. The Balaban J connectivity index is 1.83. The fourth-order valence-electron chi connectivity index (χ4n) is 1.36. The van der Waals surface area contributed by atoms with Gasteiger partial charge < -0.3 is 9.73 Å². The van der Waals surface area contributed by atoms with Crippen molar-refractivity contribution in [1.29, 1.82) is 5.26 Å². The molecule has 0 saturated heterocycles. The molecule has 2 rings (SSSR count). The van der Waals surface area contributed by atoms with Crippen molar-refractivity contribution in [2.75, 3.05) is 0 Å². The Morgan fingerprint density at radius 3 is 2.82 bits per heavy atom. The molecular weight excluding hydrogens is 216 g/mol. The topological polar surface area (TPSA) is 74.7 Å². The van der Waals surface area contributed by atoms with Crippen LogP contribution in [0.1, 0.15) is 22.9 Å². The fraction of sp³-hybridized carbons (Fsp3) is 0.250. The highest BCUT2D eigenvalue weighted by atomic mass is 16.3. The quantitative estimate of drug-likeness (QED) is 0.859. The number of hydrogen-bond donors (Lipinski definition) is 1. The van der Waals surface area contributed by atoms with Crippen LogP contribution in [0.4, 0.5) is 0 Å². The Morgan fingerprint density at radius 1 is 1.29 bits per heavy atom. The van der Waals surface area contributed by atoms with Crippen LogP contribution >= 0.6 is 0 Å². The van der Waals surface area contributed by atoms with Crippen LogP contribution in [-0.2, 0) is 13.1 Å². The van der Waals surface area contributed by atoms with E-state index in [1.165, 1.54) is 0 Å². The first-order chi connectivity index (χ1) is 8.28. The zero-order chi connectivity index (χ0) is 12.1. The second-order valence-electron chi connectivity index (χ2n) is 3.63. The molecule has 0 aromatic carbocycles. The number of hydrogen-bond acceptors (Lipinski definition) is 5. The molecule has 0 amide bonds. The summed E-state index contributed by atoms with van der Waals surface area (Å²) >= 11 is 0. The highest BCUT2D eigenvalue weighted by Crippen LogP contribution is 2.06. The van der Waals surface area contributed by atoms with E-state index in [4.69, 9.17) is 9.68 Å². The third kappa shape index (κ3) is 3.13. The van der Waals surface area contributed by atoms with Crippen molar-refractivity contribution in [3.63, 3.8) is 0 Å². The molecule has 1 N–H and O–H groups in total. The number of nitrogens with zero attached hydrogens (tertiary/aromatic N) is 3. The first-order valence-corrected chi connectivity index (χ1v) is 5.25. The van der Waals surface area contributed by atoms with Gasteiger partial charge in [-0.2, -0.15) is 5.26 Å². The summed E-state index contributed by atoms with van der Waals surface area (Å²) in [7, 11) is 0. The third-order valence-electron chi connectivity index (χ3n) is 2.21. The van der Waals surface area contributed by atoms with E-state index in [0.29, 0.717) is 18.8 Å². The highest BCUT2D eigenvalue weighted by Gasteiger charge is 2.01. The number of nitriles is 1. The van der Waals surface area contributed by atoms with Crippen LogP contribution in [-0.4, -0.2) is 9.97 Å². The summed E-state index contributed by atoms with van der Waals surface area (Å²) in [4.78, 5) is 8.38. The molecule has 0 fully saturated rings. The highest BCUT2D eigenvalue weighted by molar-refractivity contribution is 5.19. The van der Waals surface area contributed by atoms with Gasteiger partial charge in [-0.15, -0.1) is 0 Å². The summed E-state index contributed by atoms with van der Waals surface area (Å²) in [5.41, 5.74) is 1.78. The minimum atomic E-state index is 0.330. The average molecular weight is 228 g/mol. The van der Waals surface area contributed by atoms with E-state index in [1.807, 2.05) is 13.0 Å². The van der Waals surface area contributed by atoms with Crippen LogP contribution in [0.2, 0.25) is 0 Å². The molecule has 0 aliphatic heterocycles. The molecule has 5 heteroatoms. The molecule has 0 atom stereocenters. The van der Waals surface area contributed by atoms with Gasteiger partial charge in [0.15, 0.2) is 0 Å². The van der Waals surface area contributed by atoms with E-state index >= 15 is 0 Å². The van der Waals surface area contributed by atoms with Crippen molar-refractivity contribution < 1.29 is 4.42 Å². The smallest absolute Gasteiger partial charge is 0.203 e. The maximum atomic E-state index is 8.60. The van der Waals surface area contributed by atoms with Crippen molar-refractivity contribution in [2.24, 2.45) is 0 Å². The molecule has 0 spiro atoms. The van der Waals surface area contributed by atoms with Crippen LogP contribution in [0.15, 0.2) is 28.9 Å². The minimum Gasteiger partial charge on any atom is -0.449 e. The molecule has 2 aromatic heterocycles. The maximum absolute atomic E-state index is 8.60. The van der Waals surface area contributed by atoms with Crippen LogP contribution in [0.5, 0.6) is 0 Å². The molecule has 0 unspecified atom stereocenters. The van der Waals surface area contributed by atoms with Gasteiger partial charge in [-0.25, -0.2) is 0 Å². The summed E-state index contributed by atoms with van der Waals surface area (Å²) in [5, 5.41) is 11.8. The van der Waals surface area contributed by atoms with Gasteiger partial charge in [-0.3, -0.25) is 9.97 Å². The second kappa shape index (κ2) is 5.23. The molecular formula is C12H12N4O. The number of rotatable bonds is 4. The van der Waals surface area contributed by atoms with Crippen molar-refractivity contribution in [2.45, 2.75) is 20.0 Å². The Morgan fingerprint density at radius 2 is 2.18 bits per heavy atom. The largest absolute Gasteiger partial charge is 0.449 e. The van der Waals surface area contributed by atoms with Crippen LogP contribution in [0.25, 0.3) is 0 Å². The fourth-order valence-corrected chi connectivity index (χ4v) is 1.36. The molecule has 0 aliphatic carbocycles. The standard InChI is InChI=1S/C12H12N4O/c1-9-5-16-10(7-15-9)6-14-8-12-3-2-11(4-13)17-12/h2-3,5,7,14H,6,8H2,1H3. The Hall–Kier alpha value is -2.19. The van der Waals surface area contributed by atoms with Crippen molar-refractivity contribution in [1.82, 2.24) is 15.3 Å². The summed E-state index contributed by atoms with van der Waals surface area (Å²) in [6, 6.07) is 5.38. The van der Waals surface area contributed by atoms with E-state index in [0.717, 1.165) is 17.1 Å². The van der Waals surface area contributed by atoms with Crippen LogP contribution in [0, 0.1) is 18.3 Å². The van der Waals surface area contributed by atoms with E-state index in [2.05, 4.69) is 15.3 Å². The van der Waals surface area contributed by atoms with Crippen molar-refractivity contribution in [3.05, 3.63) is 47.4 Å². The molecule has 17 heavy (non-hydrogen) atoms. The molecule has 0 bridgehead atoms. The van der Waals surface area contributed by atoms with Gasteiger partial charge in [-0.1, -0.05) is 0 Å². The average Bonchev–Trinajstić information content (AvgIpc) is 2.80. The lowest BCUT2D eigenvalue weighted by molar-refractivity contribution is 0.472. The van der Waals surface area contributed by atoms with Crippen molar-refractivity contribution in [3.8, 4) is 6.07 Å². The molecule has 0 radical (unpaired) electrons. The third-order valence-corrected chi connectivity index (χ3v) is 2.21. The lowest BCUT2D eigenvalue weighted by atomic mass is 10.4. The van der Waals surface area contributed by atoms with Gasteiger partial charge in [0.1, 0.15) is 11.8 Å². The molecule has 0 saturated carbocycles. The monoisotopic (exact) mass is 228 g/mol. The van der Waals surface area contributed by atoms with E-state index in [-0.39, 0.29) is 0 Å². The molecule has 86 valence electrons. The van der Waals surface area contributed by atoms with Gasteiger partial charge in [0.25, 0.3) is 0 Å². The normalized spacial score (nSPS) is 10.1. The zero-order valence-corrected chi connectivity index (χ0v) is 9.47.